The maximum atomic E-state index is 12.2. The number of likely N-dealkylation sites (tertiary alicyclic amines) is 1. The lowest BCUT2D eigenvalue weighted by Crippen LogP contribution is -2.42. The number of oxime groups is 1. The number of carbonyl (C=O) groups is 1. The van der Waals surface area contributed by atoms with E-state index in [0.717, 1.165) is 25.1 Å². The van der Waals surface area contributed by atoms with Gasteiger partial charge in [0.25, 0.3) is 5.91 Å². The number of carbonyl (C=O) groups excluding carboxylic acids is 1. The molecule has 0 saturated carbocycles. The van der Waals surface area contributed by atoms with Gasteiger partial charge >= 0.3 is 0 Å². The summed E-state index contributed by atoms with van der Waals surface area (Å²) in [5.41, 5.74) is 1.55. The first-order valence-corrected chi connectivity index (χ1v) is 8.07. The molecule has 0 bridgehead atoms. The fourth-order valence-electron chi connectivity index (χ4n) is 3.21. The standard InChI is InChI=1S/C17H23N3O2/c1-2-20-10-6-9-14(20)12-18-17(21)15-11-16(22-19-15)13-7-4-3-5-8-13/h3-5,7-8,14,16H,2,6,9-12H2,1H3,(H,18,21)/t14-,16+/m0/s1. The van der Waals surface area contributed by atoms with E-state index >= 15 is 0 Å². The molecule has 5 heteroatoms. The van der Waals surface area contributed by atoms with Gasteiger partial charge in [-0.05, 0) is 31.5 Å². The number of hydrogen-bond acceptors (Lipinski definition) is 4. The van der Waals surface area contributed by atoms with Gasteiger partial charge in [-0.2, -0.15) is 0 Å². The largest absolute Gasteiger partial charge is 0.387 e. The summed E-state index contributed by atoms with van der Waals surface area (Å²) in [4.78, 5) is 20.1. The van der Waals surface area contributed by atoms with Crippen LogP contribution in [0.5, 0.6) is 0 Å². The molecule has 118 valence electrons. The van der Waals surface area contributed by atoms with Crippen molar-refractivity contribution in [1.29, 1.82) is 0 Å². The first kappa shape index (κ1) is 15.0. The Hall–Kier alpha value is -1.88. The van der Waals surface area contributed by atoms with Crippen LogP contribution >= 0.6 is 0 Å². The highest BCUT2D eigenvalue weighted by atomic mass is 16.6. The summed E-state index contributed by atoms with van der Waals surface area (Å²) in [7, 11) is 0. The van der Waals surface area contributed by atoms with Crippen LogP contribution in [0.25, 0.3) is 0 Å². The van der Waals surface area contributed by atoms with E-state index in [2.05, 4.69) is 22.3 Å². The zero-order valence-electron chi connectivity index (χ0n) is 13.0. The minimum Gasteiger partial charge on any atom is -0.387 e. The highest BCUT2D eigenvalue weighted by Crippen LogP contribution is 2.26. The van der Waals surface area contributed by atoms with Crippen LogP contribution in [0.4, 0.5) is 0 Å². The third-order valence-electron chi connectivity index (χ3n) is 4.51. The van der Waals surface area contributed by atoms with Crippen LogP contribution in [0.15, 0.2) is 35.5 Å². The number of nitrogens with one attached hydrogen (secondary N) is 1. The Labute approximate surface area is 131 Å². The van der Waals surface area contributed by atoms with Gasteiger partial charge in [0.2, 0.25) is 0 Å². The topological polar surface area (TPSA) is 53.9 Å². The lowest BCUT2D eigenvalue weighted by molar-refractivity contribution is -0.115. The molecule has 0 aliphatic carbocycles. The molecule has 1 N–H and O–H groups in total. The Morgan fingerprint density at radius 1 is 1.41 bits per heavy atom. The quantitative estimate of drug-likeness (QED) is 0.906. The van der Waals surface area contributed by atoms with Crippen LogP contribution in [-0.4, -0.2) is 42.2 Å². The molecule has 0 spiro atoms. The van der Waals surface area contributed by atoms with Gasteiger partial charge in [0.05, 0.1) is 0 Å². The number of rotatable bonds is 5. The Balaban J connectivity index is 1.49. The van der Waals surface area contributed by atoms with E-state index in [0.29, 0.717) is 24.7 Å². The fraction of sp³-hybridized carbons (Fsp3) is 0.529. The molecule has 1 amide bonds. The molecular weight excluding hydrogens is 278 g/mol. The minimum absolute atomic E-state index is 0.0959. The van der Waals surface area contributed by atoms with Crippen molar-refractivity contribution in [3.63, 3.8) is 0 Å². The highest BCUT2D eigenvalue weighted by Gasteiger charge is 2.28. The molecule has 2 atom stereocenters. The van der Waals surface area contributed by atoms with Gasteiger partial charge in [-0.25, -0.2) is 0 Å². The molecule has 0 unspecified atom stereocenters. The molecule has 1 saturated heterocycles. The molecule has 0 aromatic heterocycles. The molecule has 3 rings (SSSR count). The Kier molecular flexibility index (Phi) is 4.73. The summed E-state index contributed by atoms with van der Waals surface area (Å²) in [6.07, 6.45) is 2.77. The second kappa shape index (κ2) is 6.92. The van der Waals surface area contributed by atoms with Crippen LogP contribution < -0.4 is 5.32 Å². The number of amides is 1. The van der Waals surface area contributed by atoms with Crippen molar-refractivity contribution in [2.75, 3.05) is 19.6 Å². The zero-order valence-corrected chi connectivity index (χ0v) is 13.0. The van der Waals surface area contributed by atoms with Gasteiger partial charge in [-0.15, -0.1) is 0 Å². The van der Waals surface area contributed by atoms with E-state index in [4.69, 9.17) is 4.84 Å². The van der Waals surface area contributed by atoms with E-state index < -0.39 is 0 Å². The van der Waals surface area contributed by atoms with Crippen LogP contribution in [0.3, 0.4) is 0 Å². The summed E-state index contributed by atoms with van der Waals surface area (Å²) in [5, 5.41) is 6.98. The summed E-state index contributed by atoms with van der Waals surface area (Å²) < 4.78 is 0. The average Bonchev–Trinajstić information content (AvgIpc) is 3.22. The van der Waals surface area contributed by atoms with Crippen molar-refractivity contribution < 1.29 is 9.63 Å². The number of likely N-dealkylation sites (N-methyl/N-ethyl adjacent to an activating group) is 1. The molecule has 2 aliphatic heterocycles. The van der Waals surface area contributed by atoms with Crippen LogP contribution in [-0.2, 0) is 9.63 Å². The average molecular weight is 301 g/mol. The van der Waals surface area contributed by atoms with Crippen molar-refractivity contribution >= 4 is 11.6 Å². The van der Waals surface area contributed by atoms with Gasteiger partial charge in [0, 0.05) is 19.0 Å². The molecule has 1 aromatic rings. The third kappa shape index (κ3) is 3.30. The highest BCUT2D eigenvalue weighted by molar-refractivity contribution is 6.39. The van der Waals surface area contributed by atoms with Crippen molar-refractivity contribution in [2.24, 2.45) is 5.16 Å². The van der Waals surface area contributed by atoms with E-state index in [1.54, 1.807) is 0 Å². The maximum Gasteiger partial charge on any atom is 0.269 e. The number of benzene rings is 1. The number of nitrogens with zero attached hydrogens (tertiary/aromatic N) is 2. The zero-order chi connectivity index (χ0) is 15.4. The maximum absolute atomic E-state index is 12.2. The van der Waals surface area contributed by atoms with Crippen LogP contribution in [0, 0.1) is 0 Å². The summed E-state index contributed by atoms with van der Waals surface area (Å²) in [6.45, 7) is 5.04. The first-order chi connectivity index (χ1) is 10.8. The van der Waals surface area contributed by atoms with Crippen molar-refractivity contribution in [3.05, 3.63) is 35.9 Å². The fourth-order valence-corrected chi connectivity index (χ4v) is 3.21. The Morgan fingerprint density at radius 3 is 3.00 bits per heavy atom. The predicted octanol–water partition coefficient (Wildman–Crippen LogP) is 2.10. The lowest BCUT2D eigenvalue weighted by Gasteiger charge is -2.22. The van der Waals surface area contributed by atoms with E-state index in [-0.39, 0.29) is 12.0 Å². The minimum atomic E-state index is -0.138. The SMILES string of the molecule is CCN1CCC[C@H]1CNC(=O)C1=NO[C@@H](c2ccccc2)C1. The normalized spacial score (nSPS) is 24.9. The van der Waals surface area contributed by atoms with Gasteiger partial charge in [-0.1, -0.05) is 42.4 Å². The molecule has 1 fully saturated rings. The van der Waals surface area contributed by atoms with Gasteiger partial charge in [-0.3, -0.25) is 9.69 Å². The van der Waals surface area contributed by atoms with E-state index in [9.17, 15) is 4.79 Å². The molecule has 2 heterocycles. The van der Waals surface area contributed by atoms with E-state index in [1.165, 1.54) is 6.42 Å². The lowest BCUT2D eigenvalue weighted by atomic mass is 10.0. The Bertz CT molecular complexity index is 544. The van der Waals surface area contributed by atoms with E-state index in [1.807, 2.05) is 30.3 Å². The van der Waals surface area contributed by atoms with Gasteiger partial charge < -0.3 is 10.2 Å². The van der Waals surface area contributed by atoms with Crippen LogP contribution in [0.2, 0.25) is 0 Å². The number of hydrogen-bond donors (Lipinski definition) is 1. The molecular formula is C17H23N3O2. The van der Waals surface area contributed by atoms with Crippen molar-refractivity contribution in [2.45, 2.75) is 38.3 Å². The summed E-state index contributed by atoms with van der Waals surface area (Å²) in [5.74, 6) is -0.0959. The van der Waals surface area contributed by atoms with Gasteiger partial charge in [0.15, 0.2) is 6.10 Å². The molecule has 1 aromatic carbocycles. The smallest absolute Gasteiger partial charge is 0.269 e. The molecule has 22 heavy (non-hydrogen) atoms. The molecule has 2 aliphatic rings. The van der Waals surface area contributed by atoms with Crippen LogP contribution in [0.1, 0.15) is 37.9 Å². The van der Waals surface area contributed by atoms with Crippen molar-refractivity contribution in [3.8, 4) is 0 Å². The first-order valence-electron chi connectivity index (χ1n) is 8.07. The monoisotopic (exact) mass is 301 g/mol. The Morgan fingerprint density at radius 2 is 2.23 bits per heavy atom. The molecule has 5 nitrogen and oxygen atoms in total. The second-order valence-corrected chi connectivity index (χ2v) is 5.88. The van der Waals surface area contributed by atoms with Crippen molar-refractivity contribution in [1.82, 2.24) is 10.2 Å². The van der Waals surface area contributed by atoms with Gasteiger partial charge in [0.1, 0.15) is 5.71 Å². The third-order valence-corrected chi connectivity index (χ3v) is 4.51. The summed E-state index contributed by atoms with van der Waals surface area (Å²) >= 11 is 0. The predicted molar refractivity (Wildman–Crippen MR) is 85.6 cm³/mol. The summed E-state index contributed by atoms with van der Waals surface area (Å²) in [6, 6.07) is 10.4. The second-order valence-electron chi connectivity index (χ2n) is 5.88. The molecule has 0 radical (unpaired) electrons.